The molecule has 2 aromatic heterocycles. The maximum absolute atomic E-state index is 13.4. The molecule has 0 saturated carbocycles. The molecule has 0 unspecified atom stereocenters. The average molecular weight is 425 g/mol. The van der Waals surface area contributed by atoms with Gasteiger partial charge in [0.05, 0.1) is 17.2 Å². The van der Waals surface area contributed by atoms with Crippen LogP contribution in [0.1, 0.15) is 68.6 Å². The molecule has 0 radical (unpaired) electrons. The normalized spacial score (nSPS) is 17.4. The molecule has 0 bridgehead atoms. The molecule has 0 spiro atoms. The number of tetrazole rings is 1. The van der Waals surface area contributed by atoms with Crippen molar-refractivity contribution in [2.75, 3.05) is 13.1 Å². The van der Waals surface area contributed by atoms with Crippen molar-refractivity contribution in [3.63, 3.8) is 0 Å². The second-order valence-electron chi connectivity index (χ2n) is 9.31. The predicted octanol–water partition coefficient (Wildman–Crippen LogP) is 2.82. The van der Waals surface area contributed by atoms with Crippen LogP contribution in [0.4, 0.5) is 0 Å². The van der Waals surface area contributed by atoms with Gasteiger partial charge in [0, 0.05) is 18.7 Å². The number of aromatic amines is 1. The Balaban J connectivity index is 1.91. The van der Waals surface area contributed by atoms with E-state index in [1.54, 1.807) is 0 Å². The summed E-state index contributed by atoms with van der Waals surface area (Å²) in [5, 5.41) is 23.7. The first kappa shape index (κ1) is 21.6. The van der Waals surface area contributed by atoms with E-state index in [0.717, 1.165) is 28.5 Å². The fourth-order valence-corrected chi connectivity index (χ4v) is 4.33. The lowest BCUT2D eigenvalue weighted by atomic mass is 9.96. The summed E-state index contributed by atoms with van der Waals surface area (Å²) in [6, 6.07) is 5.72. The molecule has 0 amide bonds. The summed E-state index contributed by atoms with van der Waals surface area (Å²) in [7, 11) is 0. The molecule has 8 nitrogen and oxygen atoms in total. The quantitative estimate of drug-likeness (QED) is 0.653. The highest BCUT2D eigenvalue weighted by Gasteiger charge is 2.35. The van der Waals surface area contributed by atoms with Crippen LogP contribution in [0.5, 0.6) is 0 Å². The minimum atomic E-state index is -0.386. The van der Waals surface area contributed by atoms with Gasteiger partial charge in [-0.05, 0) is 80.0 Å². The van der Waals surface area contributed by atoms with E-state index in [1.807, 2.05) is 30.7 Å². The van der Waals surface area contributed by atoms with Gasteiger partial charge in [-0.2, -0.15) is 0 Å². The first-order valence-corrected chi connectivity index (χ1v) is 11.1. The second kappa shape index (κ2) is 8.16. The molecule has 166 valence electrons. The Morgan fingerprint density at radius 2 is 1.97 bits per heavy atom. The fraction of sp³-hybridized carbons (Fsp3) is 0.565. The largest absolute Gasteiger partial charge is 0.393 e. The number of hydrogen-bond donors (Lipinski definition) is 2. The Bertz CT molecular complexity index is 1140. The third kappa shape index (κ3) is 3.90. The van der Waals surface area contributed by atoms with Gasteiger partial charge in [-0.1, -0.05) is 19.1 Å². The number of hydrogen-bond acceptors (Lipinski definition) is 6. The molecule has 1 saturated heterocycles. The van der Waals surface area contributed by atoms with Crippen molar-refractivity contribution in [2.24, 2.45) is 0 Å². The van der Waals surface area contributed by atoms with Crippen LogP contribution < -0.4 is 5.56 Å². The number of aliphatic hydroxyl groups is 1. The molecule has 1 fully saturated rings. The van der Waals surface area contributed by atoms with E-state index in [-0.39, 0.29) is 23.2 Å². The Morgan fingerprint density at radius 3 is 2.65 bits per heavy atom. The van der Waals surface area contributed by atoms with Crippen molar-refractivity contribution in [2.45, 2.75) is 71.6 Å². The monoisotopic (exact) mass is 424 g/mol. The predicted molar refractivity (Wildman–Crippen MR) is 120 cm³/mol. The number of fused-ring (bicyclic) bond motifs is 1. The molecule has 3 aromatic rings. The highest BCUT2D eigenvalue weighted by atomic mass is 16.3. The van der Waals surface area contributed by atoms with Crippen molar-refractivity contribution in [3.8, 4) is 0 Å². The van der Waals surface area contributed by atoms with E-state index in [0.29, 0.717) is 37.3 Å². The minimum Gasteiger partial charge on any atom is -0.393 e. The van der Waals surface area contributed by atoms with E-state index < -0.39 is 0 Å². The lowest BCUT2D eigenvalue weighted by molar-refractivity contribution is 0.0644. The molecule has 31 heavy (non-hydrogen) atoms. The summed E-state index contributed by atoms with van der Waals surface area (Å²) in [6.45, 7) is 11.7. The van der Waals surface area contributed by atoms with Crippen LogP contribution in [0, 0.1) is 13.8 Å². The maximum Gasteiger partial charge on any atom is 0.253 e. The van der Waals surface area contributed by atoms with Crippen molar-refractivity contribution in [3.05, 3.63) is 51.1 Å². The van der Waals surface area contributed by atoms with Gasteiger partial charge >= 0.3 is 0 Å². The number of rotatable bonds is 5. The molecule has 1 aliphatic rings. The lowest BCUT2D eigenvalue weighted by Gasteiger charge is -2.36. The summed E-state index contributed by atoms with van der Waals surface area (Å²) < 4.78 is 1.85. The van der Waals surface area contributed by atoms with Crippen LogP contribution in [0.15, 0.2) is 23.0 Å². The summed E-state index contributed by atoms with van der Waals surface area (Å²) in [4.78, 5) is 18.7. The zero-order chi connectivity index (χ0) is 22.3. The first-order chi connectivity index (χ1) is 14.7. The van der Waals surface area contributed by atoms with Gasteiger partial charge in [-0.3, -0.25) is 9.69 Å². The molecule has 1 atom stereocenters. The number of pyridine rings is 1. The van der Waals surface area contributed by atoms with Crippen molar-refractivity contribution < 1.29 is 5.11 Å². The number of nitrogens with zero attached hydrogens (tertiary/aromatic N) is 5. The fourth-order valence-electron chi connectivity index (χ4n) is 4.33. The van der Waals surface area contributed by atoms with Crippen molar-refractivity contribution in [1.82, 2.24) is 30.1 Å². The Morgan fingerprint density at radius 1 is 1.26 bits per heavy atom. The number of likely N-dealkylation sites (tertiary alicyclic amines) is 1. The summed E-state index contributed by atoms with van der Waals surface area (Å²) in [5.74, 6) is 0.664. The van der Waals surface area contributed by atoms with Gasteiger partial charge in [0.2, 0.25) is 0 Å². The second-order valence-corrected chi connectivity index (χ2v) is 9.31. The number of benzene rings is 1. The van der Waals surface area contributed by atoms with Gasteiger partial charge in [0.15, 0.2) is 5.82 Å². The van der Waals surface area contributed by atoms with Crippen LogP contribution in [0.3, 0.4) is 0 Å². The number of nitrogens with one attached hydrogen (secondary N) is 1. The Kier molecular flexibility index (Phi) is 5.70. The molecule has 2 N–H and O–H groups in total. The molecule has 8 heteroatoms. The number of aryl methyl sites for hydroxylation is 2. The molecule has 1 aromatic carbocycles. The van der Waals surface area contributed by atoms with Crippen molar-refractivity contribution >= 4 is 10.9 Å². The number of aromatic nitrogens is 5. The maximum atomic E-state index is 13.4. The molecule has 3 heterocycles. The minimum absolute atomic E-state index is 0.124. The Labute approximate surface area is 182 Å². The zero-order valence-corrected chi connectivity index (χ0v) is 19.0. The van der Waals surface area contributed by atoms with Gasteiger partial charge < -0.3 is 10.1 Å². The third-order valence-corrected chi connectivity index (χ3v) is 6.92. The standard InChI is InChI=1S/C23H32N6O2/c1-6-23(4,5)29-21(25-26-27-29)20(28-11-9-17(30)10-12-28)18-13-16-8-7-14(2)15(3)19(16)24-22(18)31/h7-8,13,17,20,30H,6,9-12H2,1-5H3,(H,24,31)/t20-/m0/s1. The number of H-pyrrole nitrogens is 1. The Hall–Kier alpha value is -2.58. The zero-order valence-electron chi connectivity index (χ0n) is 19.0. The molecule has 1 aliphatic heterocycles. The summed E-state index contributed by atoms with van der Waals surface area (Å²) in [6.07, 6.45) is 1.88. The van der Waals surface area contributed by atoms with E-state index in [2.05, 4.69) is 52.2 Å². The lowest BCUT2D eigenvalue weighted by Crippen LogP contribution is -2.43. The summed E-state index contributed by atoms with van der Waals surface area (Å²) >= 11 is 0. The van der Waals surface area contributed by atoms with Gasteiger partial charge in [-0.25, -0.2) is 4.68 Å². The highest BCUT2D eigenvalue weighted by Crippen LogP contribution is 2.32. The number of piperidine rings is 1. The molecular formula is C23H32N6O2. The van der Waals surface area contributed by atoms with E-state index in [1.165, 1.54) is 0 Å². The average Bonchev–Trinajstić information content (AvgIpc) is 3.24. The van der Waals surface area contributed by atoms with E-state index in [9.17, 15) is 9.90 Å². The number of aliphatic hydroxyl groups excluding tert-OH is 1. The van der Waals surface area contributed by atoms with Gasteiger partial charge in [-0.15, -0.1) is 5.10 Å². The molecule has 0 aliphatic carbocycles. The summed E-state index contributed by atoms with van der Waals surface area (Å²) in [5.41, 5.74) is 3.32. The van der Waals surface area contributed by atoms with E-state index >= 15 is 0 Å². The smallest absolute Gasteiger partial charge is 0.253 e. The van der Waals surface area contributed by atoms with E-state index in [4.69, 9.17) is 0 Å². The first-order valence-electron chi connectivity index (χ1n) is 11.1. The highest BCUT2D eigenvalue weighted by molar-refractivity contribution is 5.83. The van der Waals surface area contributed by atoms with Crippen molar-refractivity contribution in [1.29, 1.82) is 0 Å². The van der Waals surface area contributed by atoms with Crippen LogP contribution in [0.25, 0.3) is 10.9 Å². The van der Waals surface area contributed by atoms with Crippen LogP contribution in [-0.4, -0.2) is 54.4 Å². The van der Waals surface area contributed by atoms with Gasteiger partial charge in [0.25, 0.3) is 5.56 Å². The van der Waals surface area contributed by atoms with Gasteiger partial charge in [0.1, 0.15) is 6.04 Å². The van der Waals surface area contributed by atoms with Crippen LogP contribution in [-0.2, 0) is 5.54 Å². The topological polar surface area (TPSA) is 99.9 Å². The molecular weight excluding hydrogens is 392 g/mol. The van der Waals surface area contributed by atoms with Crippen LogP contribution in [0.2, 0.25) is 0 Å². The SMILES string of the molecule is CCC(C)(C)n1nnnc1[C@H](c1cc2ccc(C)c(C)c2[nH]c1=O)N1CCC(O)CC1. The third-order valence-electron chi connectivity index (χ3n) is 6.92. The van der Waals surface area contributed by atoms with Crippen LogP contribution >= 0.6 is 0 Å². The molecule has 4 rings (SSSR count).